The fraction of sp³-hybridized carbons (Fsp3) is 0.357. The van der Waals surface area contributed by atoms with E-state index in [0.29, 0.717) is 35.3 Å². The number of carbonyl (C=O) groups excluding carboxylic acids is 3. The van der Waals surface area contributed by atoms with Gasteiger partial charge in [-0.3, -0.25) is 19.3 Å². The molecule has 2 aliphatic heterocycles. The Morgan fingerprint density at radius 2 is 2.09 bits per heavy atom. The van der Waals surface area contributed by atoms with Crippen LogP contribution in [-0.2, 0) is 4.79 Å². The zero-order chi connectivity index (χ0) is 16.4. The van der Waals surface area contributed by atoms with Crippen molar-refractivity contribution in [2.45, 2.75) is 0 Å². The van der Waals surface area contributed by atoms with Crippen molar-refractivity contribution in [3.8, 4) is 11.5 Å². The van der Waals surface area contributed by atoms with Crippen LogP contribution in [-0.4, -0.2) is 54.0 Å². The summed E-state index contributed by atoms with van der Waals surface area (Å²) in [5, 5.41) is 2.67. The standard InChI is InChI=1S/C14H13ClN2O5S/c15-9-5-8(6-10-12(9)22-4-3-21-10)13(19)16-1-2-17-11(18)7-23-14(17)20/h5-6H,1-4,7H2,(H,16,19). The number of nitrogens with zero attached hydrogens (tertiary/aromatic N) is 1. The molecule has 0 spiro atoms. The van der Waals surface area contributed by atoms with Crippen LogP contribution in [0.2, 0.25) is 5.02 Å². The second kappa shape index (κ2) is 6.67. The highest BCUT2D eigenvalue weighted by atomic mass is 35.5. The van der Waals surface area contributed by atoms with Crippen LogP contribution in [0.25, 0.3) is 0 Å². The fourth-order valence-corrected chi connectivity index (χ4v) is 3.24. The van der Waals surface area contributed by atoms with Gasteiger partial charge in [0, 0.05) is 18.7 Å². The van der Waals surface area contributed by atoms with E-state index in [1.807, 2.05) is 0 Å². The van der Waals surface area contributed by atoms with E-state index >= 15 is 0 Å². The van der Waals surface area contributed by atoms with E-state index in [1.54, 1.807) is 6.07 Å². The van der Waals surface area contributed by atoms with Gasteiger partial charge in [-0.2, -0.15) is 0 Å². The molecule has 0 bridgehead atoms. The molecule has 1 aromatic carbocycles. The number of halogens is 1. The Morgan fingerprint density at radius 3 is 2.83 bits per heavy atom. The van der Waals surface area contributed by atoms with Crippen molar-refractivity contribution in [2.75, 3.05) is 32.1 Å². The maximum Gasteiger partial charge on any atom is 0.288 e. The van der Waals surface area contributed by atoms with E-state index in [1.165, 1.54) is 6.07 Å². The van der Waals surface area contributed by atoms with E-state index < -0.39 is 0 Å². The zero-order valence-electron chi connectivity index (χ0n) is 12.0. The molecule has 9 heteroatoms. The van der Waals surface area contributed by atoms with E-state index in [-0.39, 0.29) is 35.9 Å². The van der Waals surface area contributed by atoms with E-state index in [0.717, 1.165) is 16.7 Å². The Morgan fingerprint density at radius 1 is 1.30 bits per heavy atom. The maximum atomic E-state index is 12.2. The predicted octanol–water partition coefficient (Wildman–Crippen LogP) is 1.54. The van der Waals surface area contributed by atoms with Crippen molar-refractivity contribution < 1.29 is 23.9 Å². The lowest BCUT2D eigenvalue weighted by Gasteiger charge is -2.20. The number of hydrogen-bond donors (Lipinski definition) is 1. The van der Waals surface area contributed by atoms with Crippen LogP contribution in [0, 0.1) is 0 Å². The average Bonchev–Trinajstić information content (AvgIpc) is 2.86. The third-order valence-corrected chi connectivity index (χ3v) is 4.46. The van der Waals surface area contributed by atoms with Crippen molar-refractivity contribution in [3.63, 3.8) is 0 Å². The van der Waals surface area contributed by atoms with Gasteiger partial charge in [-0.25, -0.2) is 0 Å². The molecular weight excluding hydrogens is 344 g/mol. The number of hydrogen-bond acceptors (Lipinski definition) is 6. The Kier molecular flexibility index (Phi) is 4.63. The van der Waals surface area contributed by atoms with Crippen LogP contribution in [0.5, 0.6) is 11.5 Å². The van der Waals surface area contributed by atoms with Crippen LogP contribution >= 0.6 is 23.4 Å². The summed E-state index contributed by atoms with van der Waals surface area (Å²) >= 11 is 7.04. The molecule has 122 valence electrons. The van der Waals surface area contributed by atoms with Gasteiger partial charge in [0.1, 0.15) is 13.2 Å². The normalized spacial score (nSPS) is 16.7. The topological polar surface area (TPSA) is 84.9 Å². The fourth-order valence-electron chi connectivity index (χ4n) is 2.22. The van der Waals surface area contributed by atoms with Crippen molar-refractivity contribution in [2.24, 2.45) is 0 Å². The largest absolute Gasteiger partial charge is 0.486 e. The average molecular weight is 357 g/mol. The molecule has 7 nitrogen and oxygen atoms in total. The zero-order valence-corrected chi connectivity index (χ0v) is 13.5. The van der Waals surface area contributed by atoms with E-state index in [4.69, 9.17) is 21.1 Å². The van der Waals surface area contributed by atoms with Crippen LogP contribution in [0.15, 0.2) is 12.1 Å². The summed E-state index contributed by atoms with van der Waals surface area (Å²) in [4.78, 5) is 36.2. The Bertz CT molecular complexity index is 665. The third-order valence-electron chi connectivity index (χ3n) is 3.32. The van der Waals surface area contributed by atoms with Gasteiger partial charge in [-0.1, -0.05) is 23.4 Å². The maximum absolute atomic E-state index is 12.2. The Balaban J connectivity index is 1.61. The first-order valence-corrected chi connectivity index (χ1v) is 8.27. The molecule has 1 fully saturated rings. The number of imide groups is 1. The summed E-state index contributed by atoms with van der Waals surface area (Å²) in [6.07, 6.45) is 0. The molecule has 0 atom stereocenters. The SMILES string of the molecule is O=C(NCCN1C(=O)CSC1=O)c1cc(Cl)c2c(c1)OCCO2. The summed E-state index contributed by atoms with van der Waals surface area (Å²) in [5.41, 5.74) is 0.327. The van der Waals surface area contributed by atoms with Crippen molar-refractivity contribution in [1.29, 1.82) is 0 Å². The molecule has 3 amide bonds. The van der Waals surface area contributed by atoms with Crippen molar-refractivity contribution in [1.82, 2.24) is 10.2 Å². The van der Waals surface area contributed by atoms with Crippen molar-refractivity contribution in [3.05, 3.63) is 22.7 Å². The number of benzene rings is 1. The monoisotopic (exact) mass is 356 g/mol. The molecule has 3 rings (SSSR count). The number of rotatable bonds is 4. The minimum Gasteiger partial charge on any atom is -0.486 e. The first kappa shape index (κ1) is 15.9. The highest BCUT2D eigenvalue weighted by molar-refractivity contribution is 8.14. The molecule has 0 saturated carbocycles. The van der Waals surface area contributed by atoms with Crippen LogP contribution in [0.1, 0.15) is 10.4 Å². The molecule has 23 heavy (non-hydrogen) atoms. The third kappa shape index (κ3) is 3.37. The highest BCUT2D eigenvalue weighted by Gasteiger charge is 2.29. The molecule has 0 aromatic heterocycles. The Labute approximate surface area is 141 Å². The van der Waals surface area contributed by atoms with Gasteiger partial charge in [-0.05, 0) is 12.1 Å². The number of amides is 3. The summed E-state index contributed by atoms with van der Waals surface area (Å²) in [6, 6.07) is 3.05. The second-order valence-electron chi connectivity index (χ2n) is 4.84. The Hall–Kier alpha value is -1.93. The number of thioether (sulfide) groups is 1. The minimum absolute atomic E-state index is 0.148. The highest BCUT2D eigenvalue weighted by Crippen LogP contribution is 2.38. The molecule has 0 radical (unpaired) electrons. The predicted molar refractivity (Wildman–Crippen MR) is 84.3 cm³/mol. The smallest absolute Gasteiger partial charge is 0.288 e. The number of ether oxygens (including phenoxy) is 2. The van der Waals surface area contributed by atoms with Gasteiger partial charge < -0.3 is 14.8 Å². The summed E-state index contributed by atoms with van der Waals surface area (Å²) < 4.78 is 10.8. The van der Waals surface area contributed by atoms with Crippen molar-refractivity contribution >= 4 is 40.4 Å². The van der Waals surface area contributed by atoms with Crippen LogP contribution in [0.3, 0.4) is 0 Å². The van der Waals surface area contributed by atoms with E-state index in [9.17, 15) is 14.4 Å². The number of nitrogens with one attached hydrogen (secondary N) is 1. The van der Waals surface area contributed by atoms with Gasteiger partial charge in [-0.15, -0.1) is 0 Å². The second-order valence-corrected chi connectivity index (χ2v) is 6.17. The molecule has 2 heterocycles. The van der Waals surface area contributed by atoms with E-state index in [2.05, 4.69) is 5.32 Å². The lowest BCUT2D eigenvalue weighted by atomic mass is 10.1. The minimum atomic E-state index is -0.365. The molecule has 0 aliphatic carbocycles. The molecule has 1 saturated heterocycles. The molecule has 1 aromatic rings. The summed E-state index contributed by atoms with van der Waals surface area (Å²) in [5.74, 6) is 0.409. The number of carbonyl (C=O) groups is 3. The first-order valence-electron chi connectivity index (χ1n) is 6.91. The van der Waals surface area contributed by atoms with Gasteiger partial charge in [0.25, 0.3) is 11.1 Å². The quantitative estimate of drug-likeness (QED) is 0.880. The summed E-state index contributed by atoms with van der Waals surface area (Å²) in [6.45, 7) is 1.12. The van der Waals surface area contributed by atoms with Gasteiger partial charge in [0.15, 0.2) is 11.5 Å². The van der Waals surface area contributed by atoms with Crippen LogP contribution in [0.4, 0.5) is 4.79 Å². The lowest BCUT2D eigenvalue weighted by molar-refractivity contribution is -0.124. The van der Waals surface area contributed by atoms with Gasteiger partial charge >= 0.3 is 0 Å². The molecule has 2 aliphatic rings. The van der Waals surface area contributed by atoms with Gasteiger partial charge in [0.05, 0.1) is 10.8 Å². The van der Waals surface area contributed by atoms with Gasteiger partial charge in [0.2, 0.25) is 5.91 Å². The molecule has 0 unspecified atom stereocenters. The lowest BCUT2D eigenvalue weighted by Crippen LogP contribution is -2.37. The van der Waals surface area contributed by atoms with Crippen LogP contribution < -0.4 is 14.8 Å². The molecule has 1 N–H and O–H groups in total. The number of fused-ring (bicyclic) bond motifs is 1. The first-order chi connectivity index (χ1) is 11.1. The molecular formula is C14H13ClN2O5S. The summed E-state index contributed by atoms with van der Waals surface area (Å²) in [7, 11) is 0.